The van der Waals surface area contributed by atoms with Crippen LogP contribution in [0.3, 0.4) is 0 Å². The summed E-state index contributed by atoms with van der Waals surface area (Å²) in [6.45, 7) is 7.54. The van der Waals surface area contributed by atoms with Gasteiger partial charge in [0, 0.05) is 45.9 Å². The molecular formula is C29H43N3O7. The smallest absolute Gasteiger partial charge is 0.313 e. The second kappa shape index (κ2) is 12.1. The van der Waals surface area contributed by atoms with Gasteiger partial charge in [0.05, 0.1) is 25.7 Å². The van der Waals surface area contributed by atoms with Crippen molar-refractivity contribution < 1.29 is 33.7 Å². The van der Waals surface area contributed by atoms with Crippen LogP contribution in [0.1, 0.15) is 45.4 Å². The van der Waals surface area contributed by atoms with Gasteiger partial charge >= 0.3 is 5.97 Å². The van der Waals surface area contributed by atoms with E-state index in [9.17, 15) is 14.4 Å². The number of amides is 2. The molecule has 10 heteroatoms. The first-order valence-electron chi connectivity index (χ1n) is 14.7. The third-order valence-corrected chi connectivity index (χ3v) is 9.08. The number of nitrogens with zero attached hydrogens (tertiary/aromatic N) is 3. The summed E-state index contributed by atoms with van der Waals surface area (Å²) in [6.07, 6.45) is 12.0. The van der Waals surface area contributed by atoms with E-state index in [0.29, 0.717) is 58.5 Å². The molecule has 216 valence electrons. The summed E-state index contributed by atoms with van der Waals surface area (Å²) in [4.78, 5) is 47.8. The van der Waals surface area contributed by atoms with Crippen LogP contribution in [0.25, 0.3) is 0 Å². The highest BCUT2D eigenvalue weighted by Crippen LogP contribution is 2.58. The highest BCUT2D eigenvalue weighted by molar-refractivity contribution is 5.99. The summed E-state index contributed by atoms with van der Waals surface area (Å²) in [5.41, 5.74) is -2.24. The third kappa shape index (κ3) is 5.16. The Morgan fingerprint density at radius 1 is 0.923 bits per heavy atom. The molecule has 39 heavy (non-hydrogen) atoms. The maximum absolute atomic E-state index is 14.3. The zero-order valence-corrected chi connectivity index (χ0v) is 23.1. The van der Waals surface area contributed by atoms with E-state index in [4.69, 9.17) is 19.3 Å². The van der Waals surface area contributed by atoms with Crippen LogP contribution in [-0.2, 0) is 28.6 Å². The minimum Gasteiger partial charge on any atom is -0.465 e. The Morgan fingerprint density at radius 2 is 1.72 bits per heavy atom. The van der Waals surface area contributed by atoms with Crippen LogP contribution in [0.5, 0.6) is 0 Å². The molecule has 0 aromatic rings. The van der Waals surface area contributed by atoms with E-state index in [-0.39, 0.29) is 25.0 Å². The Hall–Kier alpha value is -2.27. The summed E-state index contributed by atoms with van der Waals surface area (Å²) in [6, 6.07) is -0.839. The minimum atomic E-state index is -1.23. The molecule has 0 bridgehead atoms. The van der Waals surface area contributed by atoms with Crippen molar-refractivity contribution in [1.29, 1.82) is 0 Å². The van der Waals surface area contributed by atoms with Gasteiger partial charge in [-0.25, -0.2) is 0 Å². The zero-order chi connectivity index (χ0) is 27.5. The van der Waals surface area contributed by atoms with Crippen molar-refractivity contribution in [1.82, 2.24) is 14.7 Å². The number of fused-ring (bicyclic) bond motifs is 2. The predicted octanol–water partition coefficient (Wildman–Crippen LogP) is 1.13. The number of unbranched alkanes of at least 4 members (excludes halogenated alkanes) is 3. The normalized spacial score (nSPS) is 34.8. The number of ether oxygens (including phenoxy) is 3. The average molecular weight is 546 g/mol. The first-order valence-corrected chi connectivity index (χ1v) is 14.7. The maximum atomic E-state index is 14.3. The number of esters is 1. The molecule has 1 spiro atoms. The fraction of sp³-hybridized carbons (Fsp3) is 0.759. The van der Waals surface area contributed by atoms with Gasteiger partial charge < -0.3 is 29.1 Å². The molecule has 5 aliphatic heterocycles. The number of aliphatic hydroxyl groups is 1. The van der Waals surface area contributed by atoms with Crippen molar-refractivity contribution in [3.05, 3.63) is 24.3 Å². The van der Waals surface area contributed by atoms with Crippen molar-refractivity contribution in [2.75, 3.05) is 65.7 Å². The molecule has 5 aliphatic rings. The van der Waals surface area contributed by atoms with Crippen molar-refractivity contribution in [2.45, 2.75) is 62.7 Å². The first kappa shape index (κ1) is 28.3. The fourth-order valence-corrected chi connectivity index (χ4v) is 7.05. The van der Waals surface area contributed by atoms with Gasteiger partial charge in [-0.3, -0.25) is 19.3 Å². The average Bonchev–Trinajstić information content (AvgIpc) is 3.28. The number of morpholine rings is 1. The van der Waals surface area contributed by atoms with Crippen molar-refractivity contribution in [3.63, 3.8) is 0 Å². The van der Waals surface area contributed by atoms with Crippen LogP contribution in [-0.4, -0.2) is 121 Å². The molecule has 0 radical (unpaired) electrons. The van der Waals surface area contributed by atoms with E-state index in [1.54, 1.807) is 4.90 Å². The molecule has 5 atom stereocenters. The number of likely N-dealkylation sites (tertiary alicyclic amines) is 1. The summed E-state index contributed by atoms with van der Waals surface area (Å²) in [5.74, 6) is -2.40. The molecule has 1 unspecified atom stereocenters. The third-order valence-electron chi connectivity index (χ3n) is 9.08. The van der Waals surface area contributed by atoms with Gasteiger partial charge in [0.15, 0.2) is 0 Å². The number of cyclic esters (lactones) is 1. The molecule has 1 N–H and O–H groups in total. The van der Waals surface area contributed by atoms with E-state index in [2.05, 4.69) is 4.90 Å². The molecule has 5 heterocycles. The fourth-order valence-electron chi connectivity index (χ4n) is 7.05. The second-order valence-electron chi connectivity index (χ2n) is 11.3. The van der Waals surface area contributed by atoms with E-state index >= 15 is 0 Å². The molecule has 3 fully saturated rings. The summed E-state index contributed by atoms with van der Waals surface area (Å²) in [7, 11) is 0. The molecule has 0 aromatic heterocycles. The second-order valence-corrected chi connectivity index (χ2v) is 11.3. The van der Waals surface area contributed by atoms with Crippen molar-refractivity contribution in [2.24, 2.45) is 11.8 Å². The van der Waals surface area contributed by atoms with E-state index in [0.717, 1.165) is 32.5 Å². The summed E-state index contributed by atoms with van der Waals surface area (Å²) in [5, 5.41) is 9.15. The monoisotopic (exact) mass is 545 g/mol. The Bertz CT molecular complexity index is 980. The highest BCUT2D eigenvalue weighted by Gasteiger charge is 2.75. The topological polar surface area (TPSA) is 109 Å². The minimum absolute atomic E-state index is 0.127. The summed E-state index contributed by atoms with van der Waals surface area (Å²) < 4.78 is 18.0. The van der Waals surface area contributed by atoms with E-state index in [1.807, 2.05) is 36.1 Å². The van der Waals surface area contributed by atoms with Gasteiger partial charge in [0.25, 0.3) is 0 Å². The van der Waals surface area contributed by atoms with Crippen LogP contribution >= 0.6 is 0 Å². The predicted molar refractivity (Wildman–Crippen MR) is 143 cm³/mol. The van der Waals surface area contributed by atoms with Gasteiger partial charge in [-0.1, -0.05) is 44.1 Å². The zero-order valence-electron chi connectivity index (χ0n) is 23.1. The largest absolute Gasteiger partial charge is 0.465 e. The number of rotatable bonds is 10. The Labute approximate surface area is 230 Å². The number of carbonyl (C=O) groups excluding carboxylic acids is 3. The molecular weight excluding hydrogens is 502 g/mol. The molecule has 10 nitrogen and oxygen atoms in total. The SMILES string of the molecule is CC[C@@]12C=CCCOC(=O)[C@@H]1[C@H]1C(=O)N(CCCCCCO)C3C(=O)N(CCN4CCOCC4)CC=C[C@@]31O2. The number of aliphatic hydroxyl groups excluding tert-OH is 1. The standard InChI is InChI=1S/C29H43N3O7/c1-2-28-10-5-8-19-38-27(36)23(28)22-25(34)32(13-6-3-4-7-18-33)24-26(35)31(12-9-11-29(22,24)39-28)15-14-30-16-20-37-21-17-30/h5,9-11,22-24,33H,2-4,6-8,12-21H2,1H3/t22-,23-,24?,28+,29-/m0/s1. The summed E-state index contributed by atoms with van der Waals surface area (Å²) >= 11 is 0. The van der Waals surface area contributed by atoms with Crippen LogP contribution in [0.4, 0.5) is 0 Å². The maximum Gasteiger partial charge on any atom is 0.313 e. The first-order chi connectivity index (χ1) is 19.0. The quantitative estimate of drug-likeness (QED) is 0.247. The lowest BCUT2D eigenvalue weighted by Crippen LogP contribution is -2.57. The van der Waals surface area contributed by atoms with Crippen LogP contribution < -0.4 is 0 Å². The van der Waals surface area contributed by atoms with Crippen molar-refractivity contribution >= 4 is 17.8 Å². The lowest BCUT2D eigenvalue weighted by Gasteiger charge is -2.39. The van der Waals surface area contributed by atoms with Gasteiger partial charge in [0.1, 0.15) is 23.2 Å². The number of hydrogen-bond donors (Lipinski definition) is 1. The number of hydrogen-bond acceptors (Lipinski definition) is 8. The molecule has 0 aliphatic carbocycles. The molecule has 0 aromatic carbocycles. The van der Waals surface area contributed by atoms with E-state index in [1.165, 1.54) is 0 Å². The van der Waals surface area contributed by atoms with Gasteiger partial charge in [-0.15, -0.1) is 0 Å². The molecule has 3 saturated heterocycles. The van der Waals surface area contributed by atoms with Crippen LogP contribution in [0.15, 0.2) is 24.3 Å². The van der Waals surface area contributed by atoms with Gasteiger partial charge in [0.2, 0.25) is 11.8 Å². The Morgan fingerprint density at radius 3 is 2.49 bits per heavy atom. The molecule has 5 rings (SSSR count). The van der Waals surface area contributed by atoms with Crippen molar-refractivity contribution in [3.8, 4) is 0 Å². The van der Waals surface area contributed by atoms with Gasteiger partial charge in [-0.2, -0.15) is 0 Å². The molecule has 2 amide bonds. The lowest BCUT2D eigenvalue weighted by atomic mass is 9.73. The Balaban J connectivity index is 1.47. The van der Waals surface area contributed by atoms with Crippen LogP contribution in [0, 0.1) is 11.8 Å². The van der Waals surface area contributed by atoms with E-state index < -0.39 is 35.0 Å². The lowest BCUT2D eigenvalue weighted by molar-refractivity contribution is -0.161. The Kier molecular flexibility index (Phi) is 8.75. The van der Waals surface area contributed by atoms with Crippen LogP contribution in [0.2, 0.25) is 0 Å². The highest BCUT2D eigenvalue weighted by atomic mass is 16.6. The number of carbonyl (C=O) groups is 3. The molecule has 0 saturated carbocycles. The van der Waals surface area contributed by atoms with Gasteiger partial charge in [-0.05, 0) is 25.7 Å².